The lowest BCUT2D eigenvalue weighted by molar-refractivity contribution is -0.136. The highest BCUT2D eigenvalue weighted by molar-refractivity contribution is 6.32. The predicted molar refractivity (Wildman–Crippen MR) is 63.4 cm³/mol. The Morgan fingerprint density at radius 3 is 2.62 bits per heavy atom. The number of methoxy groups -OCH3 is 1. The number of benzene rings is 1. The van der Waals surface area contributed by atoms with Gasteiger partial charge in [0, 0.05) is 6.42 Å². The number of hydrogen-bond donors (Lipinski definition) is 1. The Morgan fingerprint density at radius 2 is 2.12 bits per heavy atom. The zero-order valence-corrected chi connectivity index (χ0v) is 10.4. The molecule has 88 valence electrons. The summed E-state index contributed by atoms with van der Waals surface area (Å²) in [5.41, 5.74) is 2.98. The Morgan fingerprint density at radius 1 is 1.50 bits per heavy atom. The molecular weight excluding hydrogens is 228 g/mol. The van der Waals surface area contributed by atoms with E-state index in [1.165, 1.54) is 0 Å². The van der Waals surface area contributed by atoms with E-state index in [4.69, 9.17) is 21.4 Å². The molecule has 0 radical (unpaired) electrons. The lowest BCUT2D eigenvalue weighted by Crippen LogP contribution is -2.03. The Labute approximate surface area is 100.0 Å². The first kappa shape index (κ1) is 12.8. The van der Waals surface area contributed by atoms with Gasteiger partial charge in [-0.05, 0) is 43.0 Å². The van der Waals surface area contributed by atoms with Crippen LogP contribution < -0.4 is 4.74 Å². The van der Waals surface area contributed by atoms with Crippen molar-refractivity contribution in [3.8, 4) is 5.75 Å². The van der Waals surface area contributed by atoms with Crippen LogP contribution in [0.1, 0.15) is 23.1 Å². The summed E-state index contributed by atoms with van der Waals surface area (Å²) in [4.78, 5) is 10.6. The first-order valence-corrected chi connectivity index (χ1v) is 5.39. The van der Waals surface area contributed by atoms with Crippen molar-refractivity contribution in [1.82, 2.24) is 0 Å². The number of halogens is 1. The van der Waals surface area contributed by atoms with Crippen LogP contribution in [0.3, 0.4) is 0 Å². The number of carbonyl (C=O) groups is 1. The molecule has 0 heterocycles. The van der Waals surface area contributed by atoms with E-state index < -0.39 is 5.97 Å². The molecule has 0 saturated heterocycles. The molecule has 1 aromatic rings. The molecule has 0 spiro atoms. The first-order chi connectivity index (χ1) is 7.47. The van der Waals surface area contributed by atoms with Crippen LogP contribution in [-0.2, 0) is 11.2 Å². The van der Waals surface area contributed by atoms with Crippen molar-refractivity contribution >= 4 is 17.6 Å². The van der Waals surface area contributed by atoms with Crippen molar-refractivity contribution in [2.45, 2.75) is 26.7 Å². The van der Waals surface area contributed by atoms with E-state index in [0.717, 1.165) is 16.7 Å². The number of hydrogen-bond acceptors (Lipinski definition) is 2. The standard InChI is InChI=1S/C12H15ClO3/c1-7-6-10(13)12(16-3)9(8(7)2)4-5-11(14)15/h6H,4-5H2,1-3H3,(H,14,15). The smallest absolute Gasteiger partial charge is 0.303 e. The minimum atomic E-state index is -0.820. The van der Waals surface area contributed by atoms with Gasteiger partial charge < -0.3 is 9.84 Å². The molecule has 0 saturated carbocycles. The molecule has 3 nitrogen and oxygen atoms in total. The van der Waals surface area contributed by atoms with Crippen molar-refractivity contribution in [3.05, 3.63) is 27.8 Å². The Balaban J connectivity index is 3.17. The van der Waals surface area contributed by atoms with E-state index >= 15 is 0 Å². The summed E-state index contributed by atoms with van der Waals surface area (Å²) in [6.45, 7) is 3.90. The minimum Gasteiger partial charge on any atom is -0.495 e. The lowest BCUT2D eigenvalue weighted by Gasteiger charge is -2.14. The number of aliphatic carboxylic acids is 1. The topological polar surface area (TPSA) is 46.5 Å². The van der Waals surface area contributed by atoms with Crippen LogP contribution in [0.5, 0.6) is 5.75 Å². The van der Waals surface area contributed by atoms with Gasteiger partial charge in [-0.15, -0.1) is 0 Å². The molecule has 0 amide bonds. The lowest BCUT2D eigenvalue weighted by atomic mass is 9.98. The summed E-state index contributed by atoms with van der Waals surface area (Å²) >= 11 is 6.05. The van der Waals surface area contributed by atoms with Gasteiger partial charge in [0.15, 0.2) is 0 Å². The van der Waals surface area contributed by atoms with Crippen LogP contribution in [0.15, 0.2) is 6.07 Å². The van der Waals surface area contributed by atoms with Crippen LogP contribution in [-0.4, -0.2) is 18.2 Å². The van der Waals surface area contributed by atoms with Gasteiger partial charge in [0.1, 0.15) is 5.75 Å². The molecule has 0 aliphatic heterocycles. The van der Waals surface area contributed by atoms with Crippen LogP contribution in [0.2, 0.25) is 5.02 Å². The molecule has 16 heavy (non-hydrogen) atoms. The van der Waals surface area contributed by atoms with Crippen LogP contribution >= 0.6 is 11.6 Å². The van der Waals surface area contributed by atoms with Crippen LogP contribution in [0.4, 0.5) is 0 Å². The fourth-order valence-electron chi connectivity index (χ4n) is 1.67. The van der Waals surface area contributed by atoms with E-state index in [1.54, 1.807) is 7.11 Å². The normalized spacial score (nSPS) is 10.2. The quantitative estimate of drug-likeness (QED) is 0.883. The van der Waals surface area contributed by atoms with E-state index in [9.17, 15) is 4.79 Å². The number of carboxylic acid groups (broad SMARTS) is 1. The predicted octanol–water partition coefficient (Wildman–Crippen LogP) is 2.98. The summed E-state index contributed by atoms with van der Waals surface area (Å²) in [7, 11) is 1.54. The minimum absolute atomic E-state index is 0.0803. The van der Waals surface area contributed by atoms with Gasteiger partial charge in [-0.25, -0.2) is 0 Å². The summed E-state index contributed by atoms with van der Waals surface area (Å²) < 4.78 is 5.22. The highest BCUT2D eigenvalue weighted by Crippen LogP contribution is 2.34. The molecule has 4 heteroatoms. The number of rotatable bonds is 4. The van der Waals surface area contributed by atoms with Crippen molar-refractivity contribution in [3.63, 3.8) is 0 Å². The third kappa shape index (κ3) is 2.67. The summed E-state index contributed by atoms with van der Waals surface area (Å²) in [5.74, 6) is -0.231. The highest BCUT2D eigenvalue weighted by atomic mass is 35.5. The SMILES string of the molecule is COc1c(Cl)cc(C)c(C)c1CCC(=O)O. The highest BCUT2D eigenvalue weighted by Gasteiger charge is 2.14. The monoisotopic (exact) mass is 242 g/mol. The summed E-state index contributed by atoms with van der Waals surface area (Å²) in [6, 6.07) is 1.83. The molecule has 0 bridgehead atoms. The maximum absolute atomic E-state index is 10.6. The fraction of sp³-hybridized carbons (Fsp3) is 0.417. The second-order valence-corrected chi connectivity index (χ2v) is 4.11. The fourth-order valence-corrected chi connectivity index (χ4v) is 2.02. The molecule has 0 atom stereocenters. The molecule has 0 fully saturated rings. The molecule has 0 aromatic heterocycles. The molecule has 1 aromatic carbocycles. The first-order valence-electron chi connectivity index (χ1n) is 5.01. The van der Waals surface area contributed by atoms with Crippen LogP contribution in [0.25, 0.3) is 0 Å². The van der Waals surface area contributed by atoms with Crippen molar-refractivity contribution in [1.29, 1.82) is 0 Å². The molecule has 0 aliphatic carbocycles. The van der Waals surface area contributed by atoms with E-state index in [2.05, 4.69) is 0 Å². The van der Waals surface area contributed by atoms with Crippen molar-refractivity contribution in [2.24, 2.45) is 0 Å². The van der Waals surface area contributed by atoms with Crippen molar-refractivity contribution < 1.29 is 14.6 Å². The molecule has 0 unspecified atom stereocenters. The Hall–Kier alpha value is -1.22. The second-order valence-electron chi connectivity index (χ2n) is 3.71. The molecule has 1 rings (SSSR count). The Kier molecular flexibility index (Phi) is 4.19. The zero-order chi connectivity index (χ0) is 12.3. The third-order valence-electron chi connectivity index (χ3n) is 2.67. The van der Waals surface area contributed by atoms with Gasteiger partial charge in [0.2, 0.25) is 0 Å². The average molecular weight is 243 g/mol. The van der Waals surface area contributed by atoms with E-state index in [0.29, 0.717) is 17.2 Å². The molecule has 1 N–H and O–H groups in total. The van der Waals surface area contributed by atoms with Gasteiger partial charge in [-0.1, -0.05) is 11.6 Å². The van der Waals surface area contributed by atoms with E-state index in [-0.39, 0.29) is 6.42 Å². The number of ether oxygens (including phenoxy) is 1. The molecule has 0 aliphatic rings. The van der Waals surface area contributed by atoms with Gasteiger partial charge in [0.05, 0.1) is 12.1 Å². The summed E-state index contributed by atoms with van der Waals surface area (Å²) in [5, 5.41) is 9.23. The average Bonchev–Trinajstić information content (AvgIpc) is 2.20. The van der Waals surface area contributed by atoms with Gasteiger partial charge in [-0.2, -0.15) is 0 Å². The van der Waals surface area contributed by atoms with Gasteiger partial charge in [-0.3, -0.25) is 4.79 Å². The van der Waals surface area contributed by atoms with Gasteiger partial charge >= 0.3 is 5.97 Å². The Bertz CT molecular complexity index is 413. The maximum Gasteiger partial charge on any atom is 0.303 e. The van der Waals surface area contributed by atoms with Crippen LogP contribution in [0, 0.1) is 13.8 Å². The third-order valence-corrected chi connectivity index (χ3v) is 2.95. The maximum atomic E-state index is 10.6. The number of carboxylic acids is 1. The van der Waals surface area contributed by atoms with Gasteiger partial charge in [0.25, 0.3) is 0 Å². The largest absolute Gasteiger partial charge is 0.495 e. The summed E-state index contributed by atoms with van der Waals surface area (Å²) in [6.07, 6.45) is 0.517. The number of aryl methyl sites for hydroxylation is 1. The van der Waals surface area contributed by atoms with E-state index in [1.807, 2.05) is 19.9 Å². The molecular formula is C12H15ClO3. The zero-order valence-electron chi connectivity index (χ0n) is 9.63. The van der Waals surface area contributed by atoms with Crippen molar-refractivity contribution in [2.75, 3.05) is 7.11 Å². The second kappa shape index (κ2) is 5.21.